The molecule has 3 aliphatic rings. The molecule has 1 nitrogen and oxygen atoms in total. The van der Waals surface area contributed by atoms with Gasteiger partial charge in [-0.15, -0.1) is 0 Å². The molecule has 0 aromatic heterocycles. The van der Waals surface area contributed by atoms with E-state index in [2.05, 4.69) is 6.92 Å². The van der Waals surface area contributed by atoms with Gasteiger partial charge < -0.3 is 4.74 Å². The van der Waals surface area contributed by atoms with E-state index in [0.717, 1.165) is 6.61 Å². The van der Waals surface area contributed by atoms with Gasteiger partial charge in [-0.2, -0.15) is 0 Å². The van der Waals surface area contributed by atoms with Crippen LogP contribution in [0.5, 0.6) is 0 Å². The summed E-state index contributed by atoms with van der Waals surface area (Å²) in [4.78, 5) is 0. The third-order valence-electron chi connectivity index (χ3n) is 2.15. The molecule has 0 aromatic rings. The number of fused-ring (bicyclic) bond motifs is 2. The highest BCUT2D eigenvalue weighted by Gasteiger charge is 2.44. The standard InChI is InChI=1S/C7H11O/c1-7-4-6(5-7)2-3-8-7/h2-5H2,1H3. The average Bonchev–Trinajstić information content (AvgIpc) is 1.63. The van der Waals surface area contributed by atoms with Crippen LogP contribution in [0.2, 0.25) is 0 Å². The van der Waals surface area contributed by atoms with Gasteiger partial charge in [0, 0.05) is 6.61 Å². The molecule has 0 unspecified atom stereocenters. The Morgan fingerprint density at radius 2 is 2.25 bits per heavy atom. The summed E-state index contributed by atoms with van der Waals surface area (Å²) in [7, 11) is 0. The SMILES string of the molecule is CC12C[C](CCO1)C2. The van der Waals surface area contributed by atoms with Gasteiger partial charge in [0.25, 0.3) is 0 Å². The molecular formula is C7H11O. The molecule has 1 aliphatic carbocycles. The Balaban J connectivity index is 2.06. The molecule has 45 valence electrons. The zero-order valence-electron chi connectivity index (χ0n) is 5.24. The first-order valence-electron chi connectivity index (χ1n) is 3.26. The minimum absolute atomic E-state index is 0.285. The van der Waals surface area contributed by atoms with Gasteiger partial charge in [-0.25, -0.2) is 0 Å². The van der Waals surface area contributed by atoms with E-state index in [0.29, 0.717) is 0 Å². The van der Waals surface area contributed by atoms with Crippen LogP contribution in [0.25, 0.3) is 0 Å². The molecule has 1 heteroatoms. The van der Waals surface area contributed by atoms with E-state index >= 15 is 0 Å². The third-order valence-corrected chi connectivity index (χ3v) is 2.15. The molecule has 0 spiro atoms. The van der Waals surface area contributed by atoms with Gasteiger partial charge in [-0.1, -0.05) is 0 Å². The largest absolute Gasteiger partial charge is 0.375 e. The van der Waals surface area contributed by atoms with Crippen LogP contribution in [0.1, 0.15) is 26.2 Å². The normalized spacial score (nSPS) is 34.1. The average molecular weight is 111 g/mol. The van der Waals surface area contributed by atoms with Crippen molar-refractivity contribution in [2.75, 3.05) is 6.61 Å². The summed E-state index contributed by atoms with van der Waals surface area (Å²) in [5.41, 5.74) is 0.285. The summed E-state index contributed by atoms with van der Waals surface area (Å²) in [6.07, 6.45) is 3.72. The minimum Gasteiger partial charge on any atom is -0.375 e. The van der Waals surface area contributed by atoms with Gasteiger partial charge in [-0.05, 0) is 32.1 Å². The molecule has 8 heavy (non-hydrogen) atoms. The van der Waals surface area contributed by atoms with Crippen molar-refractivity contribution in [3.05, 3.63) is 5.92 Å². The lowest BCUT2D eigenvalue weighted by Gasteiger charge is -2.49. The zero-order valence-corrected chi connectivity index (χ0v) is 5.24. The molecule has 2 bridgehead atoms. The second-order valence-electron chi connectivity index (χ2n) is 3.15. The molecular weight excluding hydrogens is 100 g/mol. The highest BCUT2D eigenvalue weighted by molar-refractivity contribution is 5.14. The number of hydrogen-bond donors (Lipinski definition) is 0. The maximum atomic E-state index is 5.51. The van der Waals surface area contributed by atoms with E-state index in [1.807, 2.05) is 0 Å². The van der Waals surface area contributed by atoms with Crippen molar-refractivity contribution in [3.63, 3.8) is 0 Å². The molecule has 1 radical (unpaired) electrons. The maximum absolute atomic E-state index is 5.51. The summed E-state index contributed by atoms with van der Waals surface area (Å²) in [6.45, 7) is 3.18. The summed E-state index contributed by atoms with van der Waals surface area (Å²) < 4.78 is 5.51. The van der Waals surface area contributed by atoms with Gasteiger partial charge in [0.05, 0.1) is 5.60 Å². The van der Waals surface area contributed by atoms with E-state index in [1.54, 1.807) is 5.92 Å². The van der Waals surface area contributed by atoms with Crippen molar-refractivity contribution in [2.24, 2.45) is 0 Å². The van der Waals surface area contributed by atoms with E-state index < -0.39 is 0 Å². The molecule has 0 amide bonds. The Labute approximate surface area is 50.0 Å². The smallest absolute Gasteiger partial charge is 0.0665 e. The van der Waals surface area contributed by atoms with E-state index in [4.69, 9.17) is 4.74 Å². The van der Waals surface area contributed by atoms with Crippen molar-refractivity contribution in [3.8, 4) is 0 Å². The summed E-state index contributed by atoms with van der Waals surface area (Å²) in [6, 6.07) is 0. The van der Waals surface area contributed by atoms with Crippen molar-refractivity contribution in [1.29, 1.82) is 0 Å². The number of rotatable bonds is 0. The molecule has 0 atom stereocenters. The fourth-order valence-corrected chi connectivity index (χ4v) is 1.73. The lowest BCUT2D eigenvalue weighted by atomic mass is 9.69. The molecule has 0 aromatic carbocycles. The third kappa shape index (κ3) is 0.510. The van der Waals surface area contributed by atoms with E-state index in [9.17, 15) is 0 Å². The minimum atomic E-state index is 0.285. The van der Waals surface area contributed by atoms with Crippen LogP contribution in [0, 0.1) is 5.92 Å². The molecule has 1 saturated carbocycles. The fourth-order valence-electron chi connectivity index (χ4n) is 1.73. The Bertz CT molecular complexity index is 97.4. The lowest BCUT2D eigenvalue weighted by Crippen LogP contribution is -2.47. The maximum Gasteiger partial charge on any atom is 0.0665 e. The van der Waals surface area contributed by atoms with E-state index in [-0.39, 0.29) is 5.60 Å². The predicted molar refractivity (Wildman–Crippen MR) is 31.5 cm³/mol. The Kier molecular flexibility index (Phi) is 0.762. The first-order valence-corrected chi connectivity index (χ1v) is 3.26. The van der Waals surface area contributed by atoms with Crippen LogP contribution in [0.3, 0.4) is 0 Å². The second-order valence-corrected chi connectivity index (χ2v) is 3.15. The van der Waals surface area contributed by atoms with Crippen LogP contribution >= 0.6 is 0 Å². The van der Waals surface area contributed by atoms with Crippen molar-refractivity contribution < 1.29 is 4.74 Å². The zero-order chi connectivity index (χ0) is 5.61. The first-order chi connectivity index (χ1) is 3.79. The van der Waals surface area contributed by atoms with Crippen LogP contribution < -0.4 is 0 Å². The van der Waals surface area contributed by atoms with Crippen LogP contribution in [-0.2, 0) is 4.74 Å². The summed E-state index contributed by atoms with van der Waals surface area (Å²) in [5, 5.41) is 0. The molecule has 3 fully saturated rings. The van der Waals surface area contributed by atoms with Crippen molar-refractivity contribution >= 4 is 0 Å². The first kappa shape index (κ1) is 4.80. The van der Waals surface area contributed by atoms with Crippen LogP contribution in [0.4, 0.5) is 0 Å². The molecule has 2 aliphatic heterocycles. The van der Waals surface area contributed by atoms with Crippen LogP contribution in [0.15, 0.2) is 0 Å². The van der Waals surface area contributed by atoms with Gasteiger partial charge in [0.15, 0.2) is 0 Å². The molecule has 2 heterocycles. The fraction of sp³-hybridized carbons (Fsp3) is 0.857. The number of hydrogen-bond acceptors (Lipinski definition) is 1. The Morgan fingerprint density at radius 3 is 2.50 bits per heavy atom. The molecule has 3 rings (SSSR count). The Morgan fingerprint density at radius 1 is 1.50 bits per heavy atom. The lowest BCUT2D eigenvalue weighted by molar-refractivity contribution is -0.110. The predicted octanol–water partition coefficient (Wildman–Crippen LogP) is 1.53. The van der Waals surface area contributed by atoms with Gasteiger partial charge >= 0.3 is 0 Å². The van der Waals surface area contributed by atoms with Crippen molar-refractivity contribution in [1.82, 2.24) is 0 Å². The Hall–Kier alpha value is -0.0400. The monoisotopic (exact) mass is 111 g/mol. The van der Waals surface area contributed by atoms with Crippen molar-refractivity contribution in [2.45, 2.75) is 31.8 Å². The molecule has 2 saturated heterocycles. The quantitative estimate of drug-likeness (QED) is 0.460. The van der Waals surface area contributed by atoms with Gasteiger partial charge in [-0.3, -0.25) is 0 Å². The highest BCUT2D eigenvalue weighted by atomic mass is 16.5. The van der Waals surface area contributed by atoms with Gasteiger partial charge in [0.2, 0.25) is 0 Å². The van der Waals surface area contributed by atoms with Gasteiger partial charge in [0.1, 0.15) is 0 Å². The highest BCUT2D eigenvalue weighted by Crippen LogP contribution is 2.47. The number of ether oxygens (including phenoxy) is 1. The second kappa shape index (κ2) is 1.27. The van der Waals surface area contributed by atoms with E-state index in [1.165, 1.54) is 19.3 Å². The van der Waals surface area contributed by atoms with Crippen LogP contribution in [-0.4, -0.2) is 12.2 Å². The summed E-state index contributed by atoms with van der Waals surface area (Å²) in [5.74, 6) is 1.72. The topological polar surface area (TPSA) is 9.23 Å². The molecule has 0 N–H and O–H groups in total. The summed E-state index contributed by atoms with van der Waals surface area (Å²) >= 11 is 0.